The predicted molar refractivity (Wildman–Crippen MR) is 85.1 cm³/mol. The Hall–Kier alpha value is -1.46. The summed E-state index contributed by atoms with van der Waals surface area (Å²) >= 11 is 0. The van der Waals surface area contributed by atoms with Crippen molar-refractivity contribution < 1.29 is 0 Å². The third-order valence-electron chi connectivity index (χ3n) is 5.19. The fourth-order valence-corrected chi connectivity index (χ4v) is 3.96. The monoisotopic (exact) mass is 267 g/mol. The molecule has 1 aliphatic heterocycles. The summed E-state index contributed by atoms with van der Waals surface area (Å²) in [6, 6.07) is 0.514. The topological polar surface area (TPSA) is 12.0 Å². The van der Waals surface area contributed by atoms with Gasteiger partial charge in [-0.1, -0.05) is 38.2 Å². The molecule has 0 aromatic carbocycles. The Kier molecular flexibility index (Phi) is 3.98. The highest BCUT2D eigenvalue weighted by atomic mass is 14.9. The maximum Gasteiger partial charge on any atom is 0.0364 e. The van der Waals surface area contributed by atoms with Gasteiger partial charge in [-0.25, -0.2) is 0 Å². The highest BCUT2D eigenvalue weighted by Gasteiger charge is 2.36. The van der Waals surface area contributed by atoms with Gasteiger partial charge in [0.15, 0.2) is 0 Å². The van der Waals surface area contributed by atoms with Crippen molar-refractivity contribution in [3.63, 3.8) is 0 Å². The van der Waals surface area contributed by atoms with Crippen molar-refractivity contribution in [1.29, 1.82) is 0 Å². The average Bonchev–Trinajstić information content (AvgIpc) is 2.73. The number of hydrogen-bond donors (Lipinski definition) is 1. The van der Waals surface area contributed by atoms with Crippen LogP contribution in [0.5, 0.6) is 0 Å². The molecule has 0 radical (unpaired) electrons. The van der Waals surface area contributed by atoms with E-state index in [1.54, 1.807) is 5.57 Å². The maximum atomic E-state index is 3.71. The minimum Gasteiger partial charge on any atom is -0.387 e. The van der Waals surface area contributed by atoms with E-state index in [1.807, 2.05) is 6.08 Å². The van der Waals surface area contributed by atoms with Gasteiger partial charge in [-0.05, 0) is 55.0 Å². The molecule has 2 aliphatic carbocycles. The number of fused-ring (bicyclic) bond motifs is 1. The van der Waals surface area contributed by atoms with E-state index in [2.05, 4.69) is 61.5 Å². The van der Waals surface area contributed by atoms with E-state index >= 15 is 0 Å². The molecule has 5 atom stereocenters. The fourth-order valence-electron chi connectivity index (χ4n) is 3.96. The lowest BCUT2D eigenvalue weighted by Crippen LogP contribution is -2.46. The zero-order chi connectivity index (χ0) is 13.9. The molecule has 106 valence electrons. The van der Waals surface area contributed by atoms with Crippen molar-refractivity contribution in [2.45, 2.75) is 39.2 Å². The van der Waals surface area contributed by atoms with Gasteiger partial charge in [-0.15, -0.1) is 5.73 Å². The molecule has 0 spiro atoms. The minimum atomic E-state index is 0.514. The van der Waals surface area contributed by atoms with Gasteiger partial charge in [0.1, 0.15) is 0 Å². The van der Waals surface area contributed by atoms with Gasteiger partial charge in [0.05, 0.1) is 0 Å². The first-order valence-corrected chi connectivity index (χ1v) is 8.02. The molecule has 0 aromatic rings. The van der Waals surface area contributed by atoms with E-state index in [0.717, 1.165) is 0 Å². The number of allylic oxidation sites excluding steroid dienone is 5. The van der Waals surface area contributed by atoms with E-state index in [9.17, 15) is 0 Å². The summed E-state index contributed by atoms with van der Waals surface area (Å²) in [5.41, 5.74) is 4.93. The van der Waals surface area contributed by atoms with Crippen LogP contribution in [0, 0.1) is 23.7 Å². The normalized spacial score (nSPS) is 38.9. The standard InChI is InChI=1S/C19H25N/c1-3-15-9-5-4-6-12-18(15)19-14(2)17-11-8-7-10-16(17)13-20-19/h4-5,8-9,11-15,17-20H,3,7,10H2,1-2H3. The summed E-state index contributed by atoms with van der Waals surface area (Å²) in [5, 5.41) is 3.71. The largest absolute Gasteiger partial charge is 0.387 e. The third-order valence-corrected chi connectivity index (χ3v) is 5.19. The molecule has 0 saturated heterocycles. The van der Waals surface area contributed by atoms with E-state index in [-0.39, 0.29) is 0 Å². The lowest BCUT2D eigenvalue weighted by atomic mass is 9.70. The van der Waals surface area contributed by atoms with Crippen LogP contribution in [0.25, 0.3) is 0 Å². The number of nitrogens with one attached hydrogen (secondary N) is 1. The molecule has 1 N–H and O–H groups in total. The van der Waals surface area contributed by atoms with Crippen molar-refractivity contribution in [2.24, 2.45) is 23.7 Å². The number of hydrogen-bond acceptors (Lipinski definition) is 1. The smallest absolute Gasteiger partial charge is 0.0364 e. The van der Waals surface area contributed by atoms with Crippen LogP contribution >= 0.6 is 0 Å². The summed E-state index contributed by atoms with van der Waals surface area (Å²) in [6.45, 7) is 4.69. The van der Waals surface area contributed by atoms with Crippen LogP contribution in [0.3, 0.4) is 0 Å². The molecule has 1 heterocycles. The van der Waals surface area contributed by atoms with Crippen LogP contribution in [-0.4, -0.2) is 6.04 Å². The fraction of sp³-hybridized carbons (Fsp3) is 0.526. The van der Waals surface area contributed by atoms with Gasteiger partial charge in [-0.3, -0.25) is 0 Å². The second-order valence-electron chi connectivity index (χ2n) is 6.30. The molecule has 0 aromatic heterocycles. The molecular formula is C19H25N. The Bertz CT molecular complexity index is 502. The molecule has 1 nitrogen and oxygen atoms in total. The van der Waals surface area contributed by atoms with Crippen LogP contribution in [0.2, 0.25) is 0 Å². The highest BCUT2D eigenvalue weighted by molar-refractivity contribution is 5.25. The van der Waals surface area contributed by atoms with E-state index in [1.165, 1.54) is 19.3 Å². The summed E-state index contributed by atoms with van der Waals surface area (Å²) in [7, 11) is 0. The molecule has 0 amide bonds. The zero-order valence-corrected chi connectivity index (χ0v) is 12.5. The molecule has 20 heavy (non-hydrogen) atoms. The lowest BCUT2D eigenvalue weighted by Gasteiger charge is -2.42. The van der Waals surface area contributed by atoms with Crippen LogP contribution in [0.15, 0.2) is 54.0 Å². The Labute approximate surface area is 122 Å². The van der Waals surface area contributed by atoms with Crippen molar-refractivity contribution in [3.8, 4) is 0 Å². The van der Waals surface area contributed by atoms with Gasteiger partial charge in [0, 0.05) is 17.9 Å². The Morgan fingerprint density at radius 3 is 3.10 bits per heavy atom. The van der Waals surface area contributed by atoms with Gasteiger partial charge >= 0.3 is 0 Å². The van der Waals surface area contributed by atoms with E-state index < -0.39 is 0 Å². The summed E-state index contributed by atoms with van der Waals surface area (Å²) in [5.74, 6) is 2.44. The third kappa shape index (κ3) is 2.43. The Morgan fingerprint density at radius 2 is 2.25 bits per heavy atom. The second kappa shape index (κ2) is 5.89. The molecular weight excluding hydrogens is 242 g/mol. The average molecular weight is 267 g/mol. The van der Waals surface area contributed by atoms with Gasteiger partial charge in [0.2, 0.25) is 0 Å². The molecule has 3 aliphatic rings. The number of rotatable bonds is 2. The van der Waals surface area contributed by atoms with Gasteiger partial charge < -0.3 is 5.32 Å². The van der Waals surface area contributed by atoms with Crippen LogP contribution in [0.4, 0.5) is 0 Å². The highest BCUT2D eigenvalue weighted by Crippen LogP contribution is 2.39. The SMILES string of the molecule is CCC1C=CC=C=CC1C1NC=C2CCC=CC2C1C. The minimum absolute atomic E-state index is 0.514. The molecule has 3 rings (SSSR count). The summed E-state index contributed by atoms with van der Waals surface area (Å²) in [4.78, 5) is 0. The van der Waals surface area contributed by atoms with Gasteiger partial charge in [0.25, 0.3) is 0 Å². The summed E-state index contributed by atoms with van der Waals surface area (Å²) < 4.78 is 0. The summed E-state index contributed by atoms with van der Waals surface area (Å²) in [6.07, 6.45) is 19.5. The van der Waals surface area contributed by atoms with E-state index in [4.69, 9.17) is 0 Å². The van der Waals surface area contributed by atoms with Crippen molar-refractivity contribution in [3.05, 3.63) is 54.0 Å². The van der Waals surface area contributed by atoms with E-state index in [0.29, 0.717) is 29.7 Å². The van der Waals surface area contributed by atoms with Crippen LogP contribution in [-0.2, 0) is 0 Å². The first kappa shape index (κ1) is 13.5. The van der Waals surface area contributed by atoms with Crippen molar-refractivity contribution in [2.75, 3.05) is 0 Å². The second-order valence-corrected chi connectivity index (χ2v) is 6.30. The molecule has 0 fully saturated rings. The molecule has 0 saturated carbocycles. The first-order valence-electron chi connectivity index (χ1n) is 8.02. The Balaban J connectivity index is 1.87. The predicted octanol–water partition coefficient (Wildman–Crippen LogP) is 4.37. The maximum absolute atomic E-state index is 3.71. The molecule has 1 heteroatoms. The van der Waals surface area contributed by atoms with Gasteiger partial charge in [-0.2, -0.15) is 0 Å². The zero-order valence-electron chi connectivity index (χ0n) is 12.5. The van der Waals surface area contributed by atoms with Crippen molar-refractivity contribution >= 4 is 0 Å². The lowest BCUT2D eigenvalue weighted by molar-refractivity contribution is 0.234. The Morgan fingerprint density at radius 1 is 1.35 bits per heavy atom. The first-order chi connectivity index (χ1) is 9.81. The quantitative estimate of drug-likeness (QED) is 0.579. The van der Waals surface area contributed by atoms with Crippen LogP contribution in [0.1, 0.15) is 33.1 Å². The molecule has 5 unspecified atom stereocenters. The van der Waals surface area contributed by atoms with Crippen LogP contribution < -0.4 is 5.32 Å². The van der Waals surface area contributed by atoms with Crippen molar-refractivity contribution in [1.82, 2.24) is 5.32 Å². The molecule has 0 bridgehead atoms.